The summed E-state index contributed by atoms with van der Waals surface area (Å²) in [7, 11) is 0. The summed E-state index contributed by atoms with van der Waals surface area (Å²) in [6, 6.07) is 4.99. The van der Waals surface area contributed by atoms with Crippen molar-refractivity contribution in [2.24, 2.45) is 0 Å². The third kappa shape index (κ3) is 3.28. The Bertz CT molecular complexity index is 579. The summed E-state index contributed by atoms with van der Waals surface area (Å²) in [6.07, 6.45) is -4.46. The number of ether oxygens (including phenoxy) is 1. The van der Waals surface area contributed by atoms with E-state index in [0.717, 1.165) is 6.07 Å². The van der Waals surface area contributed by atoms with Crippen LogP contribution in [0.2, 0.25) is 0 Å². The van der Waals surface area contributed by atoms with Crippen LogP contribution in [-0.2, 0) is 12.8 Å². The van der Waals surface area contributed by atoms with E-state index in [0.29, 0.717) is 5.82 Å². The Balaban J connectivity index is 2.11. The molecule has 0 atom stereocenters. The van der Waals surface area contributed by atoms with Crippen molar-refractivity contribution < 1.29 is 22.4 Å². The molecule has 1 aromatic carbocycles. The van der Waals surface area contributed by atoms with Gasteiger partial charge in [0.15, 0.2) is 12.4 Å². The molecule has 0 saturated carbocycles. The van der Waals surface area contributed by atoms with Crippen LogP contribution < -0.4 is 4.74 Å². The summed E-state index contributed by atoms with van der Waals surface area (Å²) >= 11 is 0. The lowest BCUT2D eigenvalue weighted by atomic mass is 10.2. The van der Waals surface area contributed by atoms with Gasteiger partial charge >= 0.3 is 6.18 Å². The molecule has 2 aromatic rings. The fourth-order valence-electron chi connectivity index (χ4n) is 1.53. The Labute approximate surface area is 113 Å². The normalized spacial score (nSPS) is 11.9. The molecule has 0 radical (unpaired) electrons. The average molecular weight is 286 g/mol. The summed E-state index contributed by atoms with van der Waals surface area (Å²) in [5.74, 6) is 0.456. The number of benzene rings is 1. The highest BCUT2D eigenvalue weighted by Crippen LogP contribution is 2.36. The van der Waals surface area contributed by atoms with Gasteiger partial charge in [-0.3, -0.25) is 0 Å². The third-order valence-electron chi connectivity index (χ3n) is 2.54. The van der Waals surface area contributed by atoms with E-state index in [1.165, 1.54) is 18.2 Å². The Kier molecular flexibility index (Phi) is 3.96. The fourth-order valence-corrected chi connectivity index (χ4v) is 1.53. The second kappa shape index (κ2) is 5.52. The van der Waals surface area contributed by atoms with Gasteiger partial charge in [0.2, 0.25) is 0 Å². The van der Waals surface area contributed by atoms with Gasteiger partial charge < -0.3 is 9.26 Å². The molecule has 0 spiro atoms. The SMILES string of the molecule is CC(C)c1noc(COc2ccccc2C(F)(F)F)n1. The van der Waals surface area contributed by atoms with E-state index in [1.807, 2.05) is 13.8 Å². The highest BCUT2D eigenvalue weighted by atomic mass is 19.4. The Hall–Kier alpha value is -2.05. The molecule has 108 valence electrons. The van der Waals surface area contributed by atoms with E-state index >= 15 is 0 Å². The molecule has 0 fully saturated rings. The first-order valence-electron chi connectivity index (χ1n) is 5.99. The molecule has 0 N–H and O–H groups in total. The quantitative estimate of drug-likeness (QED) is 0.858. The summed E-state index contributed by atoms with van der Waals surface area (Å²) < 4.78 is 48.3. The zero-order valence-electron chi connectivity index (χ0n) is 10.9. The van der Waals surface area contributed by atoms with Crippen molar-refractivity contribution in [2.75, 3.05) is 0 Å². The summed E-state index contributed by atoms with van der Waals surface area (Å²) in [4.78, 5) is 4.03. The maximum Gasteiger partial charge on any atom is 0.419 e. The van der Waals surface area contributed by atoms with Crippen LogP contribution in [0.15, 0.2) is 28.8 Å². The van der Waals surface area contributed by atoms with E-state index in [2.05, 4.69) is 10.1 Å². The van der Waals surface area contributed by atoms with E-state index in [-0.39, 0.29) is 24.2 Å². The van der Waals surface area contributed by atoms with Crippen LogP contribution in [-0.4, -0.2) is 10.1 Å². The highest BCUT2D eigenvalue weighted by Gasteiger charge is 2.34. The molecule has 20 heavy (non-hydrogen) atoms. The topological polar surface area (TPSA) is 48.2 Å². The lowest BCUT2D eigenvalue weighted by molar-refractivity contribution is -0.139. The lowest BCUT2D eigenvalue weighted by Gasteiger charge is -2.12. The molecule has 7 heteroatoms. The van der Waals surface area contributed by atoms with Gasteiger partial charge in [0.05, 0.1) is 5.56 Å². The summed E-state index contributed by atoms with van der Waals surface area (Å²) in [5.41, 5.74) is -0.830. The van der Waals surface area contributed by atoms with Gasteiger partial charge in [-0.15, -0.1) is 0 Å². The molecular weight excluding hydrogens is 273 g/mol. The van der Waals surface area contributed by atoms with Crippen molar-refractivity contribution in [1.29, 1.82) is 0 Å². The fraction of sp³-hybridized carbons (Fsp3) is 0.385. The molecule has 0 amide bonds. The summed E-state index contributed by atoms with van der Waals surface area (Å²) in [6.45, 7) is 3.57. The number of nitrogens with zero attached hydrogens (tertiary/aromatic N) is 2. The molecule has 1 heterocycles. The molecule has 0 unspecified atom stereocenters. The van der Waals surface area contributed by atoms with Gasteiger partial charge in [0.1, 0.15) is 5.75 Å². The van der Waals surface area contributed by atoms with Gasteiger partial charge in [0, 0.05) is 5.92 Å². The zero-order chi connectivity index (χ0) is 14.8. The molecule has 2 rings (SSSR count). The maximum absolute atomic E-state index is 12.8. The molecule has 0 bridgehead atoms. The largest absolute Gasteiger partial charge is 0.483 e. The minimum atomic E-state index is -4.46. The Morgan fingerprint density at radius 1 is 1.25 bits per heavy atom. The van der Waals surface area contributed by atoms with Crippen LogP contribution >= 0.6 is 0 Å². The van der Waals surface area contributed by atoms with E-state index in [4.69, 9.17) is 9.26 Å². The number of hydrogen-bond donors (Lipinski definition) is 0. The van der Waals surface area contributed by atoms with Crippen LogP contribution in [0.4, 0.5) is 13.2 Å². The minimum absolute atomic E-state index is 0.0787. The van der Waals surface area contributed by atoms with Crippen LogP contribution in [0.25, 0.3) is 0 Å². The number of halogens is 3. The molecular formula is C13H13F3N2O2. The monoisotopic (exact) mass is 286 g/mol. The van der Waals surface area contributed by atoms with E-state index in [1.54, 1.807) is 0 Å². The minimum Gasteiger partial charge on any atom is -0.483 e. The maximum atomic E-state index is 12.8. The molecule has 0 aliphatic heterocycles. The first-order valence-corrected chi connectivity index (χ1v) is 5.99. The van der Waals surface area contributed by atoms with Crippen molar-refractivity contribution in [1.82, 2.24) is 10.1 Å². The van der Waals surface area contributed by atoms with Crippen molar-refractivity contribution >= 4 is 0 Å². The first kappa shape index (κ1) is 14.4. The third-order valence-corrected chi connectivity index (χ3v) is 2.54. The molecule has 0 aliphatic rings. The van der Waals surface area contributed by atoms with Gasteiger partial charge in [0.25, 0.3) is 5.89 Å². The molecule has 1 aromatic heterocycles. The zero-order valence-corrected chi connectivity index (χ0v) is 10.9. The van der Waals surface area contributed by atoms with Gasteiger partial charge in [-0.1, -0.05) is 31.1 Å². The Morgan fingerprint density at radius 3 is 2.55 bits per heavy atom. The average Bonchev–Trinajstić information content (AvgIpc) is 2.84. The number of hydrogen-bond acceptors (Lipinski definition) is 4. The van der Waals surface area contributed by atoms with Gasteiger partial charge in [-0.05, 0) is 12.1 Å². The first-order chi connectivity index (χ1) is 9.38. The van der Waals surface area contributed by atoms with Crippen LogP contribution in [0, 0.1) is 0 Å². The van der Waals surface area contributed by atoms with Crippen molar-refractivity contribution in [3.05, 3.63) is 41.5 Å². The predicted molar refractivity (Wildman–Crippen MR) is 64.2 cm³/mol. The smallest absolute Gasteiger partial charge is 0.419 e. The lowest BCUT2D eigenvalue weighted by Crippen LogP contribution is -2.08. The summed E-state index contributed by atoms with van der Waals surface area (Å²) in [5, 5.41) is 3.71. The van der Waals surface area contributed by atoms with Crippen LogP contribution in [0.3, 0.4) is 0 Å². The van der Waals surface area contributed by atoms with Gasteiger partial charge in [-0.25, -0.2) is 0 Å². The van der Waals surface area contributed by atoms with Crippen LogP contribution in [0.1, 0.15) is 37.0 Å². The van der Waals surface area contributed by atoms with E-state index < -0.39 is 11.7 Å². The number of aromatic nitrogens is 2. The molecule has 0 saturated heterocycles. The second-order valence-electron chi connectivity index (χ2n) is 4.48. The van der Waals surface area contributed by atoms with Crippen molar-refractivity contribution in [3.63, 3.8) is 0 Å². The van der Waals surface area contributed by atoms with E-state index in [9.17, 15) is 13.2 Å². The van der Waals surface area contributed by atoms with Gasteiger partial charge in [-0.2, -0.15) is 18.2 Å². The Morgan fingerprint density at radius 2 is 1.95 bits per heavy atom. The predicted octanol–water partition coefficient (Wildman–Crippen LogP) is 3.79. The number of alkyl halides is 3. The van der Waals surface area contributed by atoms with Crippen molar-refractivity contribution in [3.8, 4) is 5.75 Å². The second-order valence-corrected chi connectivity index (χ2v) is 4.48. The molecule has 4 nitrogen and oxygen atoms in total. The number of rotatable bonds is 4. The van der Waals surface area contributed by atoms with Crippen LogP contribution in [0.5, 0.6) is 5.75 Å². The van der Waals surface area contributed by atoms with Crippen molar-refractivity contribution in [2.45, 2.75) is 32.5 Å². The number of para-hydroxylation sites is 1. The highest BCUT2D eigenvalue weighted by molar-refractivity contribution is 5.35. The standard InChI is InChI=1S/C13H13F3N2O2/c1-8(2)12-17-11(20-18-12)7-19-10-6-4-3-5-9(10)13(14,15)16/h3-6,8H,7H2,1-2H3. The molecule has 0 aliphatic carbocycles.